The molecule has 1 saturated carbocycles. The van der Waals surface area contributed by atoms with Crippen LogP contribution >= 0.6 is 11.6 Å². The average Bonchev–Trinajstić information content (AvgIpc) is 3.30. The summed E-state index contributed by atoms with van der Waals surface area (Å²) in [6, 6.07) is 16.5. The van der Waals surface area contributed by atoms with Gasteiger partial charge in [-0.2, -0.15) is 0 Å². The first-order chi connectivity index (χ1) is 14.6. The molecule has 6 heteroatoms. The van der Waals surface area contributed by atoms with Crippen LogP contribution in [0, 0.1) is 5.92 Å². The summed E-state index contributed by atoms with van der Waals surface area (Å²) < 4.78 is 0. The fourth-order valence-electron chi connectivity index (χ4n) is 4.67. The molecule has 1 heterocycles. The number of amides is 2. The molecule has 2 aliphatic rings. The highest BCUT2D eigenvalue weighted by Crippen LogP contribution is 2.32. The number of halogens is 1. The summed E-state index contributed by atoms with van der Waals surface area (Å²) in [5.74, 6) is 0.485. The summed E-state index contributed by atoms with van der Waals surface area (Å²) in [6.45, 7) is 2.72. The third kappa shape index (κ3) is 4.85. The van der Waals surface area contributed by atoms with Crippen LogP contribution in [0.3, 0.4) is 0 Å². The highest BCUT2D eigenvalue weighted by atomic mass is 35.5. The van der Waals surface area contributed by atoms with Crippen molar-refractivity contribution in [3.63, 3.8) is 0 Å². The van der Waals surface area contributed by atoms with Gasteiger partial charge in [0, 0.05) is 42.5 Å². The molecule has 1 atom stereocenters. The van der Waals surface area contributed by atoms with Crippen LogP contribution in [0.1, 0.15) is 36.0 Å². The maximum Gasteiger partial charge on any atom is 0.253 e. The van der Waals surface area contributed by atoms with E-state index in [9.17, 15) is 9.59 Å². The van der Waals surface area contributed by atoms with Gasteiger partial charge in [-0.1, -0.05) is 42.6 Å². The molecule has 0 unspecified atom stereocenters. The Morgan fingerprint density at radius 3 is 2.17 bits per heavy atom. The molecule has 2 aromatic rings. The number of carbonyl (C=O) groups excluding carboxylic acids is 2. The number of benzene rings is 2. The van der Waals surface area contributed by atoms with E-state index in [1.807, 2.05) is 47.4 Å². The third-order valence-corrected chi connectivity index (χ3v) is 6.49. The zero-order valence-electron chi connectivity index (χ0n) is 17.1. The zero-order chi connectivity index (χ0) is 20.9. The Hall–Kier alpha value is -2.37. The van der Waals surface area contributed by atoms with Crippen molar-refractivity contribution in [3.8, 4) is 0 Å². The number of anilines is 1. The molecule has 4 rings (SSSR count). The van der Waals surface area contributed by atoms with Gasteiger partial charge in [0.1, 0.15) is 0 Å². The van der Waals surface area contributed by atoms with Crippen LogP contribution in [0.4, 0.5) is 5.69 Å². The molecule has 0 spiro atoms. The summed E-state index contributed by atoms with van der Waals surface area (Å²) in [5, 5.41) is 3.74. The number of nitrogens with zero attached hydrogens (tertiary/aromatic N) is 2. The van der Waals surface area contributed by atoms with Crippen molar-refractivity contribution in [1.82, 2.24) is 9.80 Å². The van der Waals surface area contributed by atoms with E-state index < -0.39 is 0 Å². The van der Waals surface area contributed by atoms with Crippen molar-refractivity contribution in [1.29, 1.82) is 0 Å². The fourth-order valence-corrected chi connectivity index (χ4v) is 4.79. The van der Waals surface area contributed by atoms with Gasteiger partial charge in [0.2, 0.25) is 5.91 Å². The minimum Gasteiger partial charge on any atom is -0.336 e. The predicted octanol–water partition coefficient (Wildman–Crippen LogP) is 4.30. The lowest BCUT2D eigenvalue weighted by atomic mass is 9.94. The maximum atomic E-state index is 13.3. The van der Waals surface area contributed by atoms with Crippen LogP contribution in [-0.4, -0.2) is 53.8 Å². The van der Waals surface area contributed by atoms with Crippen LogP contribution in [-0.2, 0) is 4.79 Å². The Morgan fingerprint density at radius 1 is 0.900 bits per heavy atom. The lowest BCUT2D eigenvalue weighted by Crippen LogP contribution is -2.56. The highest BCUT2D eigenvalue weighted by Gasteiger charge is 2.37. The van der Waals surface area contributed by atoms with Crippen molar-refractivity contribution in [2.24, 2.45) is 5.92 Å². The molecule has 0 bridgehead atoms. The topological polar surface area (TPSA) is 52.7 Å². The number of nitrogens with one attached hydrogen (secondary N) is 1. The van der Waals surface area contributed by atoms with Crippen molar-refractivity contribution < 1.29 is 9.59 Å². The second kappa shape index (κ2) is 9.63. The van der Waals surface area contributed by atoms with E-state index in [2.05, 4.69) is 10.2 Å². The number of carbonyl (C=O) groups is 2. The number of hydrogen-bond donors (Lipinski definition) is 1. The molecule has 2 fully saturated rings. The Labute approximate surface area is 183 Å². The van der Waals surface area contributed by atoms with Crippen molar-refractivity contribution >= 4 is 29.1 Å². The van der Waals surface area contributed by atoms with Gasteiger partial charge in [-0.25, -0.2) is 0 Å². The predicted molar refractivity (Wildman–Crippen MR) is 120 cm³/mol. The van der Waals surface area contributed by atoms with Crippen LogP contribution in [0.5, 0.6) is 0 Å². The first-order valence-corrected chi connectivity index (χ1v) is 11.1. The Balaban J connectivity index is 1.42. The van der Waals surface area contributed by atoms with Gasteiger partial charge >= 0.3 is 0 Å². The zero-order valence-corrected chi connectivity index (χ0v) is 17.9. The molecule has 1 saturated heterocycles. The van der Waals surface area contributed by atoms with E-state index in [4.69, 9.17) is 11.6 Å². The van der Waals surface area contributed by atoms with Gasteiger partial charge in [-0.15, -0.1) is 0 Å². The number of rotatable bonds is 5. The number of piperazine rings is 1. The smallest absolute Gasteiger partial charge is 0.253 e. The molecule has 158 valence electrons. The standard InChI is InChI=1S/C24H28ClN3O2/c25-20-10-12-21(13-11-20)26-23(29)22(18-6-4-5-7-18)27-14-16-28(17-15-27)24(30)19-8-2-1-3-9-19/h1-3,8-13,18,22H,4-7,14-17H2,(H,26,29)/t22-/m1/s1. The van der Waals surface area contributed by atoms with Gasteiger partial charge in [0.05, 0.1) is 6.04 Å². The van der Waals surface area contributed by atoms with Crippen LogP contribution in [0.15, 0.2) is 54.6 Å². The van der Waals surface area contributed by atoms with E-state index in [1.165, 1.54) is 12.8 Å². The first-order valence-electron chi connectivity index (χ1n) is 10.8. The minimum absolute atomic E-state index is 0.0482. The molecule has 1 aliphatic heterocycles. The third-order valence-electron chi connectivity index (χ3n) is 6.24. The highest BCUT2D eigenvalue weighted by molar-refractivity contribution is 6.30. The minimum atomic E-state index is -0.155. The average molecular weight is 426 g/mol. The molecule has 5 nitrogen and oxygen atoms in total. The van der Waals surface area contributed by atoms with E-state index >= 15 is 0 Å². The Bertz CT molecular complexity index is 858. The molecular weight excluding hydrogens is 398 g/mol. The lowest BCUT2D eigenvalue weighted by molar-refractivity contribution is -0.123. The Kier molecular flexibility index (Phi) is 6.70. The van der Waals surface area contributed by atoms with Crippen molar-refractivity contribution in [2.75, 3.05) is 31.5 Å². The number of hydrogen-bond acceptors (Lipinski definition) is 3. The van der Waals surface area contributed by atoms with E-state index in [0.29, 0.717) is 37.1 Å². The van der Waals surface area contributed by atoms with Gasteiger partial charge in [0.15, 0.2) is 0 Å². The molecule has 0 radical (unpaired) electrons. The molecule has 0 aromatic heterocycles. The summed E-state index contributed by atoms with van der Waals surface area (Å²) in [5.41, 5.74) is 1.49. The lowest BCUT2D eigenvalue weighted by Gasteiger charge is -2.40. The Morgan fingerprint density at radius 2 is 1.53 bits per heavy atom. The monoisotopic (exact) mass is 425 g/mol. The summed E-state index contributed by atoms with van der Waals surface area (Å²) in [4.78, 5) is 30.2. The molecule has 2 amide bonds. The fraction of sp³-hybridized carbons (Fsp3) is 0.417. The first kappa shape index (κ1) is 20.9. The van der Waals surface area contributed by atoms with E-state index in [0.717, 1.165) is 24.1 Å². The maximum absolute atomic E-state index is 13.3. The summed E-state index contributed by atoms with van der Waals surface area (Å²) in [7, 11) is 0. The van der Waals surface area contributed by atoms with Gasteiger partial charge in [0.25, 0.3) is 5.91 Å². The van der Waals surface area contributed by atoms with Gasteiger partial charge in [-0.05, 0) is 55.2 Å². The van der Waals surface area contributed by atoms with Crippen LogP contribution < -0.4 is 5.32 Å². The largest absolute Gasteiger partial charge is 0.336 e. The molecular formula is C24H28ClN3O2. The summed E-state index contributed by atoms with van der Waals surface area (Å²) >= 11 is 5.97. The summed E-state index contributed by atoms with van der Waals surface area (Å²) in [6.07, 6.45) is 4.54. The van der Waals surface area contributed by atoms with Gasteiger partial charge < -0.3 is 10.2 Å². The van der Waals surface area contributed by atoms with Crippen molar-refractivity contribution in [3.05, 3.63) is 65.2 Å². The SMILES string of the molecule is O=C(Nc1ccc(Cl)cc1)[C@@H](C1CCCC1)N1CCN(C(=O)c2ccccc2)CC1. The normalized spacial score (nSPS) is 18.9. The van der Waals surface area contributed by atoms with Crippen LogP contribution in [0.25, 0.3) is 0 Å². The second-order valence-electron chi connectivity index (χ2n) is 8.18. The molecule has 30 heavy (non-hydrogen) atoms. The van der Waals surface area contributed by atoms with Gasteiger partial charge in [-0.3, -0.25) is 14.5 Å². The van der Waals surface area contributed by atoms with E-state index in [1.54, 1.807) is 12.1 Å². The van der Waals surface area contributed by atoms with E-state index in [-0.39, 0.29) is 17.9 Å². The molecule has 1 aliphatic carbocycles. The molecule has 1 N–H and O–H groups in total. The van der Waals surface area contributed by atoms with Crippen molar-refractivity contribution in [2.45, 2.75) is 31.7 Å². The second-order valence-corrected chi connectivity index (χ2v) is 8.62. The quantitative estimate of drug-likeness (QED) is 0.777. The van der Waals surface area contributed by atoms with Crippen LogP contribution in [0.2, 0.25) is 5.02 Å². The molecule has 2 aromatic carbocycles.